The van der Waals surface area contributed by atoms with Gasteiger partial charge in [0, 0.05) is 18.9 Å². The zero-order chi connectivity index (χ0) is 32.2. The Balaban J connectivity index is 1.75. The van der Waals surface area contributed by atoms with E-state index in [-0.39, 0.29) is 31.7 Å². The van der Waals surface area contributed by atoms with Crippen LogP contribution in [0.15, 0.2) is 84.9 Å². The monoisotopic (exact) mass is 622 g/mol. The summed E-state index contributed by atoms with van der Waals surface area (Å²) in [5.41, 5.74) is 3.12. The Hall–Kier alpha value is -3.94. The Labute approximate surface area is 259 Å². The van der Waals surface area contributed by atoms with E-state index in [0.29, 0.717) is 6.42 Å². The molecule has 0 spiro atoms. The summed E-state index contributed by atoms with van der Waals surface area (Å²) in [6, 6.07) is 25.9. The molecule has 3 aromatic carbocycles. The van der Waals surface area contributed by atoms with Gasteiger partial charge in [-0.05, 0) is 62.3 Å². The van der Waals surface area contributed by atoms with Crippen molar-refractivity contribution in [2.24, 2.45) is 5.92 Å². The lowest BCUT2D eigenvalue weighted by atomic mass is 9.97. The van der Waals surface area contributed by atoms with Gasteiger partial charge in [-0.15, -0.1) is 0 Å². The zero-order valence-electron chi connectivity index (χ0n) is 25.8. The maximum atomic E-state index is 13.6. The van der Waals surface area contributed by atoms with Crippen LogP contribution in [-0.2, 0) is 36.5 Å². The third kappa shape index (κ3) is 12.0. The lowest BCUT2D eigenvalue weighted by molar-refractivity contribution is -0.145. The zero-order valence-corrected chi connectivity index (χ0v) is 26.7. The number of rotatable bonds is 14. The van der Waals surface area contributed by atoms with Crippen molar-refractivity contribution in [1.82, 2.24) is 10.6 Å². The van der Waals surface area contributed by atoms with Gasteiger partial charge >= 0.3 is 12.1 Å². The molecule has 0 saturated carbocycles. The quantitative estimate of drug-likeness (QED) is 0.158. The summed E-state index contributed by atoms with van der Waals surface area (Å²) in [4.78, 5) is 49.2. The fourth-order valence-corrected chi connectivity index (χ4v) is 6.46. The lowest BCUT2D eigenvalue weighted by Gasteiger charge is -2.24. The SMILES string of the molecule is COC(=O)[C@H](CCNC(=O)OC(C)(C)C)NC(=O)[C@@H](Cc1ccc(-c2ccccc2)cc1)CP(=O)(O)CCc1ccccc1. The summed E-state index contributed by atoms with van der Waals surface area (Å²) in [6.07, 6.45) is -0.245. The highest BCUT2D eigenvalue weighted by Gasteiger charge is 2.32. The highest BCUT2D eigenvalue weighted by Crippen LogP contribution is 2.43. The second-order valence-corrected chi connectivity index (χ2v) is 14.3. The molecule has 3 atom stereocenters. The van der Waals surface area contributed by atoms with E-state index in [2.05, 4.69) is 10.6 Å². The first kappa shape index (κ1) is 34.5. The molecule has 2 amide bonds. The summed E-state index contributed by atoms with van der Waals surface area (Å²) < 4.78 is 23.5. The molecule has 0 saturated heterocycles. The summed E-state index contributed by atoms with van der Waals surface area (Å²) in [6.45, 7) is 5.24. The molecule has 3 rings (SSSR count). The first-order valence-corrected chi connectivity index (χ1v) is 16.7. The number of benzene rings is 3. The molecule has 0 aliphatic heterocycles. The normalized spacial score (nSPS) is 14.0. The summed E-state index contributed by atoms with van der Waals surface area (Å²) >= 11 is 0. The maximum absolute atomic E-state index is 13.6. The Morgan fingerprint density at radius 2 is 1.45 bits per heavy atom. The van der Waals surface area contributed by atoms with Crippen LogP contribution in [0.2, 0.25) is 0 Å². The van der Waals surface area contributed by atoms with Gasteiger partial charge in [-0.1, -0.05) is 84.9 Å². The molecule has 0 bridgehead atoms. The number of alkyl carbamates (subject to hydrolysis) is 1. The molecule has 3 N–H and O–H groups in total. The Morgan fingerprint density at radius 3 is 2.05 bits per heavy atom. The van der Waals surface area contributed by atoms with Gasteiger partial charge in [0.05, 0.1) is 13.0 Å². The fraction of sp³-hybridized carbons (Fsp3) is 0.382. The summed E-state index contributed by atoms with van der Waals surface area (Å²) in [7, 11) is -2.53. The molecule has 0 heterocycles. The number of hydrogen-bond acceptors (Lipinski definition) is 6. The predicted octanol–water partition coefficient (Wildman–Crippen LogP) is 5.60. The lowest BCUT2D eigenvalue weighted by Crippen LogP contribution is -2.47. The van der Waals surface area contributed by atoms with Gasteiger partial charge in [0.1, 0.15) is 11.6 Å². The van der Waals surface area contributed by atoms with Crippen molar-refractivity contribution in [1.29, 1.82) is 0 Å². The van der Waals surface area contributed by atoms with E-state index < -0.39 is 42.9 Å². The van der Waals surface area contributed by atoms with Crippen LogP contribution < -0.4 is 10.6 Å². The molecule has 0 fully saturated rings. The molecule has 1 unspecified atom stereocenters. The first-order valence-electron chi connectivity index (χ1n) is 14.7. The molecule has 0 radical (unpaired) electrons. The second-order valence-electron chi connectivity index (χ2n) is 11.8. The molecule has 0 aliphatic rings. The van der Waals surface area contributed by atoms with Crippen molar-refractivity contribution in [2.75, 3.05) is 26.0 Å². The molecule has 0 aliphatic carbocycles. The third-order valence-electron chi connectivity index (χ3n) is 6.92. The number of esters is 1. The number of carbonyl (C=O) groups is 3. The average Bonchev–Trinajstić information content (AvgIpc) is 2.99. The second kappa shape index (κ2) is 16.2. The highest BCUT2D eigenvalue weighted by atomic mass is 31.2. The van der Waals surface area contributed by atoms with Crippen LogP contribution in [0.25, 0.3) is 11.1 Å². The summed E-state index contributed by atoms with van der Waals surface area (Å²) in [5, 5.41) is 5.28. The van der Waals surface area contributed by atoms with E-state index in [1.807, 2.05) is 84.9 Å². The number of hydrogen-bond donors (Lipinski definition) is 3. The van der Waals surface area contributed by atoms with Crippen LogP contribution in [-0.4, -0.2) is 60.5 Å². The van der Waals surface area contributed by atoms with Crippen molar-refractivity contribution in [3.05, 3.63) is 96.1 Å². The average molecular weight is 623 g/mol. The highest BCUT2D eigenvalue weighted by molar-refractivity contribution is 7.58. The van der Waals surface area contributed by atoms with E-state index in [0.717, 1.165) is 22.3 Å². The van der Waals surface area contributed by atoms with Crippen molar-refractivity contribution in [2.45, 2.75) is 51.7 Å². The van der Waals surface area contributed by atoms with Crippen molar-refractivity contribution in [3.63, 3.8) is 0 Å². The van der Waals surface area contributed by atoms with Gasteiger partial charge in [-0.25, -0.2) is 9.59 Å². The largest absolute Gasteiger partial charge is 0.467 e. The topological polar surface area (TPSA) is 131 Å². The van der Waals surface area contributed by atoms with Crippen LogP contribution >= 0.6 is 7.37 Å². The van der Waals surface area contributed by atoms with Gasteiger partial charge in [0.2, 0.25) is 13.3 Å². The molecular formula is C34H43N2O7P. The van der Waals surface area contributed by atoms with Crippen molar-refractivity contribution in [3.8, 4) is 11.1 Å². The summed E-state index contributed by atoms with van der Waals surface area (Å²) in [5.74, 6) is -2.12. The minimum atomic E-state index is -3.74. The molecule has 3 aromatic rings. The number of nitrogens with one attached hydrogen (secondary N) is 2. The van der Waals surface area contributed by atoms with E-state index >= 15 is 0 Å². The van der Waals surface area contributed by atoms with E-state index in [1.165, 1.54) is 7.11 Å². The van der Waals surface area contributed by atoms with Crippen LogP contribution in [0.5, 0.6) is 0 Å². The van der Waals surface area contributed by atoms with Gasteiger partial charge in [0.25, 0.3) is 0 Å². The van der Waals surface area contributed by atoms with Gasteiger partial charge in [0.15, 0.2) is 0 Å². The van der Waals surface area contributed by atoms with E-state index in [4.69, 9.17) is 9.47 Å². The number of methoxy groups -OCH3 is 1. The molecular weight excluding hydrogens is 579 g/mol. The van der Waals surface area contributed by atoms with Gasteiger partial charge in [-0.3, -0.25) is 9.36 Å². The Kier molecular flexibility index (Phi) is 12.7. The molecule has 236 valence electrons. The number of carbonyl (C=O) groups excluding carboxylic acids is 3. The minimum absolute atomic E-state index is 0.0218. The van der Waals surface area contributed by atoms with Gasteiger partial charge in [-0.2, -0.15) is 0 Å². The van der Waals surface area contributed by atoms with E-state index in [9.17, 15) is 23.8 Å². The smallest absolute Gasteiger partial charge is 0.407 e. The number of amides is 2. The van der Waals surface area contributed by atoms with Crippen LogP contribution in [0.3, 0.4) is 0 Å². The Bertz CT molecular complexity index is 1410. The molecule has 44 heavy (non-hydrogen) atoms. The van der Waals surface area contributed by atoms with Crippen LogP contribution in [0, 0.1) is 5.92 Å². The molecule has 10 heteroatoms. The fourth-order valence-electron chi connectivity index (χ4n) is 4.69. The Morgan fingerprint density at radius 1 is 0.864 bits per heavy atom. The number of aryl methyl sites for hydroxylation is 1. The molecule has 9 nitrogen and oxygen atoms in total. The minimum Gasteiger partial charge on any atom is -0.467 e. The van der Waals surface area contributed by atoms with Crippen molar-refractivity contribution < 1.29 is 33.3 Å². The van der Waals surface area contributed by atoms with E-state index in [1.54, 1.807) is 20.8 Å². The standard InChI is InChI=1S/C34H43N2O7P/c1-34(2,3)43-33(39)35-21-19-30(32(38)42-4)36-31(37)29(24-44(40,41)22-20-25-11-7-5-8-12-25)23-26-15-17-28(18-16-26)27-13-9-6-10-14-27/h5-18,29-30H,19-24H2,1-4H3,(H,35,39)(H,36,37)(H,40,41)/t29-,30-/m0/s1. The third-order valence-corrected chi connectivity index (χ3v) is 8.85. The molecule has 0 aromatic heterocycles. The maximum Gasteiger partial charge on any atom is 0.407 e. The van der Waals surface area contributed by atoms with Crippen LogP contribution in [0.4, 0.5) is 4.79 Å². The predicted molar refractivity (Wildman–Crippen MR) is 172 cm³/mol. The first-order chi connectivity index (χ1) is 20.8. The van der Waals surface area contributed by atoms with Gasteiger partial charge < -0.3 is 25.0 Å². The van der Waals surface area contributed by atoms with Crippen molar-refractivity contribution >= 4 is 25.3 Å². The number of ether oxygens (including phenoxy) is 2. The van der Waals surface area contributed by atoms with Crippen LogP contribution in [0.1, 0.15) is 38.3 Å².